The summed E-state index contributed by atoms with van der Waals surface area (Å²) in [4.78, 5) is 2.39. The number of nitrogens with zero attached hydrogens (tertiary/aromatic N) is 1. The van der Waals surface area contributed by atoms with Crippen molar-refractivity contribution in [1.82, 2.24) is 0 Å². The molecule has 0 amide bonds. The lowest BCUT2D eigenvalue weighted by Gasteiger charge is -2.26. The topological polar surface area (TPSA) is 3.24 Å². The van der Waals surface area contributed by atoms with Gasteiger partial charge in [0.15, 0.2) is 0 Å². The SMILES string of the molecule is c1ccc(-c2ccc(-c3cccc(N(c4ccccc4)c4ccc5sc6c7ccccc7c(-c7cccc8ccccc78)cc6c5c4)c3)cc2)cc1. The van der Waals surface area contributed by atoms with E-state index in [1.165, 1.54) is 75.1 Å². The van der Waals surface area contributed by atoms with Gasteiger partial charge < -0.3 is 4.90 Å². The molecule has 0 aliphatic carbocycles. The fourth-order valence-corrected chi connectivity index (χ4v) is 8.94. The van der Waals surface area contributed by atoms with Gasteiger partial charge in [0.05, 0.1) is 0 Å². The Kier molecular flexibility index (Phi) is 7.41. The van der Waals surface area contributed by atoms with E-state index in [2.05, 4.69) is 205 Å². The van der Waals surface area contributed by atoms with Crippen molar-refractivity contribution in [1.29, 1.82) is 0 Å². The number of thiophene rings is 1. The van der Waals surface area contributed by atoms with Crippen molar-refractivity contribution in [2.24, 2.45) is 0 Å². The van der Waals surface area contributed by atoms with Crippen LogP contribution in [0.25, 0.3) is 75.1 Å². The summed E-state index contributed by atoms with van der Waals surface area (Å²) >= 11 is 1.89. The predicted octanol–water partition coefficient (Wildman–Crippen LogP) is 14.8. The number of anilines is 3. The van der Waals surface area contributed by atoms with Gasteiger partial charge in [-0.1, -0.05) is 152 Å². The van der Waals surface area contributed by atoms with Gasteiger partial charge in [-0.05, 0) is 98.1 Å². The normalized spacial score (nSPS) is 11.5. The molecule has 9 aromatic carbocycles. The predicted molar refractivity (Wildman–Crippen MR) is 225 cm³/mol. The standard InChI is InChI=1S/C50H33NS/c1-3-13-34(14-4-1)35-25-27-36(28-26-35)38-17-11-20-40(31-38)51(39-18-5-2-6-19-39)41-29-30-49-47(32-41)48-33-46(44-22-9-10-23-45(44)50(48)52-49)43-24-12-16-37-15-7-8-21-42(37)43/h1-33H. The first-order valence-corrected chi connectivity index (χ1v) is 18.6. The second kappa shape index (κ2) is 12.7. The zero-order valence-electron chi connectivity index (χ0n) is 28.4. The molecule has 1 aromatic heterocycles. The van der Waals surface area contributed by atoms with Crippen molar-refractivity contribution in [3.8, 4) is 33.4 Å². The highest BCUT2D eigenvalue weighted by molar-refractivity contribution is 7.26. The minimum atomic E-state index is 1.12. The molecule has 10 aromatic rings. The van der Waals surface area contributed by atoms with E-state index in [9.17, 15) is 0 Å². The zero-order valence-corrected chi connectivity index (χ0v) is 29.2. The number of rotatable bonds is 6. The van der Waals surface area contributed by atoms with E-state index >= 15 is 0 Å². The lowest BCUT2D eigenvalue weighted by molar-refractivity contribution is 1.29. The summed E-state index contributed by atoms with van der Waals surface area (Å²) in [5.74, 6) is 0. The van der Waals surface area contributed by atoms with E-state index in [0.29, 0.717) is 0 Å². The molecule has 0 saturated heterocycles. The minimum Gasteiger partial charge on any atom is -0.310 e. The Bertz CT molecular complexity index is 2880. The second-order valence-electron chi connectivity index (χ2n) is 13.3. The minimum absolute atomic E-state index is 1.12. The van der Waals surface area contributed by atoms with Crippen molar-refractivity contribution < 1.29 is 0 Å². The number of fused-ring (bicyclic) bond motifs is 6. The molecule has 1 heterocycles. The third-order valence-corrected chi connectivity index (χ3v) is 11.5. The third kappa shape index (κ3) is 5.24. The van der Waals surface area contributed by atoms with Crippen molar-refractivity contribution in [3.05, 3.63) is 200 Å². The van der Waals surface area contributed by atoms with E-state index in [4.69, 9.17) is 0 Å². The van der Waals surface area contributed by atoms with Crippen LogP contribution in [0.5, 0.6) is 0 Å². The smallest absolute Gasteiger partial charge is 0.0468 e. The Labute approximate surface area is 307 Å². The first kappa shape index (κ1) is 30.4. The van der Waals surface area contributed by atoms with Crippen LogP contribution in [-0.2, 0) is 0 Å². The van der Waals surface area contributed by atoms with E-state index in [1.807, 2.05) is 11.3 Å². The fraction of sp³-hybridized carbons (Fsp3) is 0. The molecule has 244 valence electrons. The van der Waals surface area contributed by atoms with Gasteiger partial charge in [-0.25, -0.2) is 0 Å². The molecular formula is C50H33NS. The van der Waals surface area contributed by atoms with Crippen LogP contribution in [0.3, 0.4) is 0 Å². The van der Waals surface area contributed by atoms with Crippen molar-refractivity contribution in [3.63, 3.8) is 0 Å². The summed E-state index contributed by atoms with van der Waals surface area (Å²) < 4.78 is 2.62. The van der Waals surface area contributed by atoms with Gasteiger partial charge in [-0.15, -0.1) is 11.3 Å². The van der Waals surface area contributed by atoms with Gasteiger partial charge >= 0.3 is 0 Å². The van der Waals surface area contributed by atoms with Crippen molar-refractivity contribution in [2.75, 3.05) is 4.90 Å². The van der Waals surface area contributed by atoms with Crippen LogP contribution in [0.1, 0.15) is 0 Å². The van der Waals surface area contributed by atoms with Crippen LogP contribution in [0.2, 0.25) is 0 Å². The monoisotopic (exact) mass is 679 g/mol. The van der Waals surface area contributed by atoms with E-state index in [1.54, 1.807) is 0 Å². The van der Waals surface area contributed by atoms with Crippen LogP contribution >= 0.6 is 11.3 Å². The Balaban J connectivity index is 1.13. The number of hydrogen-bond acceptors (Lipinski definition) is 2. The maximum atomic E-state index is 2.44. The first-order chi connectivity index (χ1) is 25.8. The Morgan fingerprint density at radius 1 is 0.308 bits per heavy atom. The third-order valence-electron chi connectivity index (χ3n) is 10.2. The molecule has 0 spiro atoms. The summed E-state index contributed by atoms with van der Waals surface area (Å²) in [5.41, 5.74) is 10.8. The molecule has 0 unspecified atom stereocenters. The molecule has 0 radical (unpaired) electrons. The van der Waals surface area contributed by atoms with E-state index < -0.39 is 0 Å². The highest BCUT2D eigenvalue weighted by Gasteiger charge is 2.18. The average molecular weight is 680 g/mol. The van der Waals surface area contributed by atoms with Crippen molar-refractivity contribution in [2.45, 2.75) is 0 Å². The molecule has 0 saturated carbocycles. The molecule has 0 N–H and O–H groups in total. The van der Waals surface area contributed by atoms with E-state index in [0.717, 1.165) is 17.1 Å². The number of benzene rings is 9. The van der Waals surface area contributed by atoms with Crippen LogP contribution < -0.4 is 4.90 Å². The summed E-state index contributed by atoms with van der Waals surface area (Å²) in [6, 6.07) is 72.8. The van der Waals surface area contributed by atoms with Gasteiger partial charge in [0.1, 0.15) is 0 Å². The molecule has 0 aliphatic rings. The van der Waals surface area contributed by atoms with Crippen LogP contribution in [0.15, 0.2) is 200 Å². The fourth-order valence-electron chi connectivity index (χ4n) is 7.74. The molecule has 52 heavy (non-hydrogen) atoms. The van der Waals surface area contributed by atoms with Gasteiger partial charge in [-0.2, -0.15) is 0 Å². The molecule has 0 aliphatic heterocycles. The molecule has 10 rings (SSSR count). The van der Waals surface area contributed by atoms with Crippen LogP contribution in [0.4, 0.5) is 17.1 Å². The highest BCUT2D eigenvalue weighted by Crippen LogP contribution is 2.46. The maximum Gasteiger partial charge on any atom is 0.0468 e. The second-order valence-corrected chi connectivity index (χ2v) is 14.4. The zero-order chi connectivity index (χ0) is 34.4. The lowest BCUT2D eigenvalue weighted by atomic mass is 9.92. The van der Waals surface area contributed by atoms with Crippen LogP contribution in [0, 0.1) is 0 Å². The molecule has 0 atom stereocenters. The maximum absolute atomic E-state index is 2.44. The molecule has 0 fully saturated rings. The average Bonchev–Trinajstić information content (AvgIpc) is 3.59. The Hall–Kier alpha value is -6.48. The summed E-state index contributed by atoms with van der Waals surface area (Å²) in [6.45, 7) is 0. The molecule has 1 nitrogen and oxygen atoms in total. The van der Waals surface area contributed by atoms with Gasteiger partial charge in [-0.3, -0.25) is 0 Å². The van der Waals surface area contributed by atoms with Crippen molar-refractivity contribution >= 4 is 70.1 Å². The lowest BCUT2D eigenvalue weighted by Crippen LogP contribution is -2.09. The molecular weight excluding hydrogens is 647 g/mol. The number of hydrogen-bond donors (Lipinski definition) is 0. The largest absolute Gasteiger partial charge is 0.310 e. The highest BCUT2D eigenvalue weighted by atomic mass is 32.1. The number of para-hydroxylation sites is 1. The summed E-state index contributed by atoms with van der Waals surface area (Å²) in [6.07, 6.45) is 0. The molecule has 2 heteroatoms. The first-order valence-electron chi connectivity index (χ1n) is 17.8. The van der Waals surface area contributed by atoms with Gasteiger partial charge in [0.25, 0.3) is 0 Å². The van der Waals surface area contributed by atoms with Crippen LogP contribution in [-0.4, -0.2) is 0 Å². The van der Waals surface area contributed by atoms with Gasteiger partial charge in [0.2, 0.25) is 0 Å². The Morgan fingerprint density at radius 3 is 1.69 bits per heavy atom. The summed E-state index contributed by atoms with van der Waals surface area (Å²) in [5, 5.41) is 7.70. The molecule has 0 bridgehead atoms. The quantitative estimate of drug-likeness (QED) is 0.169. The van der Waals surface area contributed by atoms with Gasteiger partial charge in [0, 0.05) is 42.6 Å². The Morgan fingerprint density at radius 2 is 0.885 bits per heavy atom. The summed E-state index contributed by atoms with van der Waals surface area (Å²) in [7, 11) is 0. The van der Waals surface area contributed by atoms with E-state index in [-0.39, 0.29) is 0 Å².